The lowest BCUT2D eigenvalue weighted by molar-refractivity contribution is -0.122. The Kier molecular flexibility index (Phi) is 6.66. The van der Waals surface area contributed by atoms with E-state index in [2.05, 4.69) is 59.6 Å². The Morgan fingerprint density at radius 2 is 1.97 bits per heavy atom. The van der Waals surface area contributed by atoms with Crippen molar-refractivity contribution >= 4 is 33.2 Å². The fraction of sp³-hybridized carbons (Fsp3) is 0.286. The third kappa shape index (κ3) is 5.27. The average molecular weight is 472 g/mol. The smallest absolute Gasteiger partial charge is 0.238 e. The molecule has 4 rings (SSSR count). The molecule has 2 unspecified atom stereocenters. The minimum absolute atomic E-state index is 0.0359. The predicted octanol–water partition coefficient (Wildman–Crippen LogP) is 3.62. The molecule has 0 radical (unpaired) electrons. The number of carbonyl (C=O) groups excluding carboxylic acids is 1. The number of benzene rings is 1. The molecule has 1 aliphatic rings. The van der Waals surface area contributed by atoms with E-state index in [1.807, 2.05) is 24.3 Å². The lowest BCUT2D eigenvalue weighted by atomic mass is 10.0. The van der Waals surface area contributed by atoms with Crippen LogP contribution in [-0.2, 0) is 11.2 Å². The number of rotatable bonds is 7. The second-order valence-corrected chi connectivity index (χ2v) is 8.80. The maximum absolute atomic E-state index is 12.4. The number of thiazole rings is 1. The molecule has 0 saturated carbocycles. The molecule has 0 aliphatic carbocycles. The van der Waals surface area contributed by atoms with Gasteiger partial charge in [-0.25, -0.2) is 15.8 Å². The zero-order chi connectivity index (χ0) is 20.1. The van der Waals surface area contributed by atoms with Crippen LogP contribution in [0.2, 0.25) is 0 Å². The minimum Gasteiger partial charge on any atom is -0.355 e. The number of carbonyl (C=O) groups is 1. The number of nitrogens with zero attached hydrogens (tertiary/aromatic N) is 2. The van der Waals surface area contributed by atoms with Gasteiger partial charge in [0.05, 0.1) is 10.7 Å². The molecule has 150 valence electrons. The molecule has 29 heavy (non-hydrogen) atoms. The Morgan fingerprint density at radius 3 is 2.76 bits per heavy atom. The summed E-state index contributed by atoms with van der Waals surface area (Å²) >= 11 is 5.11. The normalized spacial score (nSPS) is 18.7. The molecule has 1 fully saturated rings. The fourth-order valence-electron chi connectivity index (χ4n) is 3.30. The van der Waals surface area contributed by atoms with E-state index in [9.17, 15) is 4.79 Å². The first-order valence-corrected chi connectivity index (χ1v) is 11.3. The molecule has 2 atom stereocenters. The van der Waals surface area contributed by atoms with Crippen LogP contribution in [-0.4, -0.2) is 28.5 Å². The first-order valence-electron chi connectivity index (χ1n) is 9.58. The summed E-state index contributed by atoms with van der Waals surface area (Å²) in [6, 6.07) is 12.0. The summed E-state index contributed by atoms with van der Waals surface area (Å²) in [7, 11) is 0. The monoisotopic (exact) mass is 471 g/mol. The Hall–Kier alpha value is -2.13. The van der Waals surface area contributed by atoms with Crippen molar-refractivity contribution in [2.24, 2.45) is 0 Å². The molecule has 1 amide bonds. The number of pyridine rings is 1. The molecule has 3 N–H and O–H groups in total. The summed E-state index contributed by atoms with van der Waals surface area (Å²) in [5, 5.41) is 6.19. The number of aryl methyl sites for hydroxylation is 1. The summed E-state index contributed by atoms with van der Waals surface area (Å²) in [6.45, 7) is 0.643. The Bertz CT molecular complexity index is 947. The van der Waals surface area contributed by atoms with Gasteiger partial charge in [-0.3, -0.25) is 9.78 Å². The molecule has 3 heterocycles. The average Bonchev–Trinajstić information content (AvgIpc) is 3.42. The zero-order valence-electron chi connectivity index (χ0n) is 15.8. The fourth-order valence-corrected chi connectivity index (χ4v) is 4.41. The highest BCUT2D eigenvalue weighted by molar-refractivity contribution is 9.10. The van der Waals surface area contributed by atoms with Gasteiger partial charge in [0.15, 0.2) is 0 Å². The number of nitrogens with one attached hydrogen (secondary N) is 3. The number of hydrogen-bond donors (Lipinski definition) is 3. The van der Waals surface area contributed by atoms with Crippen molar-refractivity contribution in [3.8, 4) is 11.3 Å². The molecule has 0 bridgehead atoms. The van der Waals surface area contributed by atoms with Gasteiger partial charge in [-0.05, 0) is 42.7 Å². The van der Waals surface area contributed by atoms with E-state index >= 15 is 0 Å². The first-order chi connectivity index (χ1) is 14.2. The summed E-state index contributed by atoms with van der Waals surface area (Å²) in [4.78, 5) is 21.2. The van der Waals surface area contributed by atoms with Gasteiger partial charge < -0.3 is 5.32 Å². The number of hydrazine groups is 1. The summed E-state index contributed by atoms with van der Waals surface area (Å²) in [5.41, 5.74) is 9.56. The predicted molar refractivity (Wildman–Crippen MR) is 118 cm³/mol. The molecule has 2 aromatic heterocycles. The van der Waals surface area contributed by atoms with Crippen molar-refractivity contribution in [1.82, 2.24) is 26.1 Å². The molecular formula is C21H22BrN5OS. The number of aromatic nitrogens is 2. The van der Waals surface area contributed by atoms with E-state index in [0.29, 0.717) is 6.54 Å². The first kappa shape index (κ1) is 20.2. The van der Waals surface area contributed by atoms with Gasteiger partial charge in [0.25, 0.3) is 0 Å². The van der Waals surface area contributed by atoms with E-state index < -0.39 is 0 Å². The van der Waals surface area contributed by atoms with Crippen molar-refractivity contribution in [2.45, 2.75) is 31.3 Å². The molecule has 1 aromatic carbocycles. The Balaban J connectivity index is 1.20. The third-order valence-electron chi connectivity index (χ3n) is 4.89. The highest BCUT2D eigenvalue weighted by Gasteiger charge is 2.29. The highest BCUT2D eigenvalue weighted by Crippen LogP contribution is 2.24. The maximum atomic E-state index is 12.4. The van der Waals surface area contributed by atoms with Gasteiger partial charge in [0.1, 0.15) is 6.04 Å². The van der Waals surface area contributed by atoms with E-state index in [0.717, 1.165) is 40.0 Å². The van der Waals surface area contributed by atoms with Gasteiger partial charge in [-0.15, -0.1) is 11.3 Å². The van der Waals surface area contributed by atoms with E-state index in [4.69, 9.17) is 0 Å². The lowest BCUT2D eigenvalue weighted by Crippen LogP contribution is -2.43. The van der Waals surface area contributed by atoms with Gasteiger partial charge in [-0.2, -0.15) is 0 Å². The van der Waals surface area contributed by atoms with Crippen LogP contribution in [0.4, 0.5) is 0 Å². The standard InChI is InChI=1S/C21H22BrN5OS/c22-16-5-3-14(4-6-16)17-12-18(27-26-17)21(28)24-9-1-2-20-25-19(13-29-20)15-7-10-23-11-8-15/h3-8,10-11,13,17-18,26-27H,1-2,9,12H2,(H,24,28). The zero-order valence-corrected chi connectivity index (χ0v) is 18.2. The van der Waals surface area contributed by atoms with Crippen LogP contribution in [0.3, 0.4) is 0 Å². The summed E-state index contributed by atoms with van der Waals surface area (Å²) in [6.07, 6.45) is 6.00. The van der Waals surface area contributed by atoms with Crippen LogP contribution in [0, 0.1) is 0 Å². The van der Waals surface area contributed by atoms with E-state index in [1.54, 1.807) is 23.7 Å². The van der Waals surface area contributed by atoms with Crippen molar-refractivity contribution in [1.29, 1.82) is 0 Å². The molecule has 8 heteroatoms. The topological polar surface area (TPSA) is 78.9 Å². The molecular weight excluding hydrogens is 450 g/mol. The summed E-state index contributed by atoms with van der Waals surface area (Å²) in [5.74, 6) is 0.0359. The van der Waals surface area contributed by atoms with Crippen LogP contribution in [0.5, 0.6) is 0 Å². The Morgan fingerprint density at radius 1 is 1.17 bits per heavy atom. The van der Waals surface area contributed by atoms with Gasteiger partial charge in [0.2, 0.25) is 5.91 Å². The number of halogens is 1. The summed E-state index contributed by atoms with van der Waals surface area (Å²) < 4.78 is 1.05. The van der Waals surface area contributed by atoms with Gasteiger partial charge >= 0.3 is 0 Å². The van der Waals surface area contributed by atoms with Crippen LogP contribution >= 0.6 is 27.3 Å². The van der Waals surface area contributed by atoms with Crippen molar-refractivity contribution in [2.75, 3.05) is 6.54 Å². The minimum atomic E-state index is -0.221. The lowest BCUT2D eigenvalue weighted by Gasteiger charge is -2.10. The molecule has 0 spiro atoms. The van der Waals surface area contributed by atoms with Gasteiger partial charge in [-0.1, -0.05) is 28.1 Å². The second kappa shape index (κ2) is 9.58. The van der Waals surface area contributed by atoms with Crippen molar-refractivity contribution in [3.63, 3.8) is 0 Å². The van der Waals surface area contributed by atoms with Crippen molar-refractivity contribution < 1.29 is 4.79 Å². The highest BCUT2D eigenvalue weighted by atomic mass is 79.9. The Labute approximate surface area is 182 Å². The molecule has 6 nitrogen and oxygen atoms in total. The third-order valence-corrected chi connectivity index (χ3v) is 6.32. The van der Waals surface area contributed by atoms with Crippen LogP contribution in [0.15, 0.2) is 58.6 Å². The van der Waals surface area contributed by atoms with Gasteiger partial charge in [0, 0.05) is 46.8 Å². The largest absolute Gasteiger partial charge is 0.355 e. The van der Waals surface area contributed by atoms with Crippen LogP contribution in [0.25, 0.3) is 11.3 Å². The SMILES string of the molecule is O=C(NCCCc1nc(-c2ccncc2)cs1)C1CC(c2ccc(Br)cc2)NN1. The van der Waals surface area contributed by atoms with Crippen LogP contribution in [0.1, 0.15) is 29.5 Å². The van der Waals surface area contributed by atoms with E-state index in [1.165, 1.54) is 5.56 Å². The molecule has 1 aliphatic heterocycles. The molecule has 3 aromatic rings. The van der Waals surface area contributed by atoms with E-state index in [-0.39, 0.29) is 18.0 Å². The number of hydrogen-bond acceptors (Lipinski definition) is 6. The second-order valence-electron chi connectivity index (χ2n) is 6.94. The quantitative estimate of drug-likeness (QED) is 0.458. The number of amides is 1. The molecule has 1 saturated heterocycles. The van der Waals surface area contributed by atoms with Crippen molar-refractivity contribution in [3.05, 3.63) is 69.2 Å². The maximum Gasteiger partial charge on any atom is 0.238 e. The van der Waals surface area contributed by atoms with Crippen LogP contribution < -0.4 is 16.2 Å².